The van der Waals surface area contributed by atoms with E-state index in [0.29, 0.717) is 12.6 Å². The molecule has 1 N–H and O–H groups in total. The average molecular weight is 267 g/mol. The van der Waals surface area contributed by atoms with Gasteiger partial charge in [0.15, 0.2) is 11.5 Å². The van der Waals surface area contributed by atoms with Gasteiger partial charge in [0.05, 0.1) is 13.2 Å². The SMILES string of the molecule is COc1cccc(CNC(C)C)c1OCC(C)OC. The highest BCUT2D eigenvalue weighted by Gasteiger charge is 2.12. The van der Waals surface area contributed by atoms with E-state index in [0.717, 1.165) is 23.6 Å². The molecule has 0 spiro atoms. The lowest BCUT2D eigenvalue weighted by Gasteiger charge is -2.18. The second kappa shape index (κ2) is 8.02. The van der Waals surface area contributed by atoms with Crippen molar-refractivity contribution in [1.29, 1.82) is 0 Å². The molecule has 0 fully saturated rings. The Balaban J connectivity index is 2.83. The molecule has 0 amide bonds. The molecular formula is C15H25NO3. The van der Waals surface area contributed by atoms with Gasteiger partial charge in [0.1, 0.15) is 6.61 Å². The summed E-state index contributed by atoms with van der Waals surface area (Å²) >= 11 is 0. The molecule has 1 unspecified atom stereocenters. The van der Waals surface area contributed by atoms with Crippen LogP contribution in [-0.2, 0) is 11.3 Å². The fourth-order valence-corrected chi connectivity index (χ4v) is 1.61. The van der Waals surface area contributed by atoms with Crippen molar-refractivity contribution in [1.82, 2.24) is 5.32 Å². The monoisotopic (exact) mass is 267 g/mol. The second-order valence-electron chi connectivity index (χ2n) is 4.84. The molecule has 1 atom stereocenters. The summed E-state index contributed by atoms with van der Waals surface area (Å²) in [5.41, 5.74) is 1.09. The van der Waals surface area contributed by atoms with Crippen LogP contribution in [0.1, 0.15) is 26.3 Å². The largest absolute Gasteiger partial charge is 0.493 e. The lowest BCUT2D eigenvalue weighted by atomic mass is 10.1. The van der Waals surface area contributed by atoms with Crippen LogP contribution in [0.2, 0.25) is 0 Å². The van der Waals surface area contributed by atoms with Gasteiger partial charge in [0.2, 0.25) is 0 Å². The molecule has 19 heavy (non-hydrogen) atoms. The summed E-state index contributed by atoms with van der Waals surface area (Å²) in [4.78, 5) is 0. The summed E-state index contributed by atoms with van der Waals surface area (Å²) in [7, 11) is 3.33. The van der Waals surface area contributed by atoms with Crippen LogP contribution in [0.15, 0.2) is 18.2 Å². The molecule has 0 saturated heterocycles. The zero-order chi connectivity index (χ0) is 14.3. The molecule has 0 saturated carbocycles. The predicted molar refractivity (Wildman–Crippen MR) is 76.9 cm³/mol. The van der Waals surface area contributed by atoms with Crippen molar-refractivity contribution in [3.63, 3.8) is 0 Å². The van der Waals surface area contributed by atoms with Crippen molar-refractivity contribution >= 4 is 0 Å². The van der Waals surface area contributed by atoms with Crippen molar-refractivity contribution in [2.75, 3.05) is 20.8 Å². The zero-order valence-electron chi connectivity index (χ0n) is 12.5. The lowest BCUT2D eigenvalue weighted by molar-refractivity contribution is 0.0701. The minimum absolute atomic E-state index is 0.0517. The van der Waals surface area contributed by atoms with Crippen molar-refractivity contribution in [3.8, 4) is 11.5 Å². The fourth-order valence-electron chi connectivity index (χ4n) is 1.61. The number of para-hydroxylation sites is 1. The van der Waals surface area contributed by atoms with Gasteiger partial charge in [0.25, 0.3) is 0 Å². The van der Waals surface area contributed by atoms with Crippen LogP contribution in [0.3, 0.4) is 0 Å². The molecule has 4 nitrogen and oxygen atoms in total. The Kier molecular flexibility index (Phi) is 6.67. The van der Waals surface area contributed by atoms with Crippen LogP contribution in [0.5, 0.6) is 11.5 Å². The molecule has 0 aliphatic carbocycles. The maximum Gasteiger partial charge on any atom is 0.165 e. The average Bonchev–Trinajstić information content (AvgIpc) is 2.42. The quantitative estimate of drug-likeness (QED) is 0.786. The Morgan fingerprint density at radius 1 is 1.16 bits per heavy atom. The third kappa shape index (κ3) is 5.09. The summed E-state index contributed by atoms with van der Waals surface area (Å²) in [5.74, 6) is 1.55. The molecule has 0 aromatic heterocycles. The zero-order valence-corrected chi connectivity index (χ0v) is 12.5. The molecule has 1 aromatic carbocycles. The van der Waals surface area contributed by atoms with Crippen LogP contribution in [0.25, 0.3) is 0 Å². The molecular weight excluding hydrogens is 242 g/mol. The first-order chi connectivity index (χ1) is 9.08. The number of nitrogens with one attached hydrogen (secondary N) is 1. The molecule has 0 bridgehead atoms. The lowest BCUT2D eigenvalue weighted by Crippen LogP contribution is -2.23. The first-order valence-electron chi connectivity index (χ1n) is 6.63. The smallest absolute Gasteiger partial charge is 0.165 e. The van der Waals surface area contributed by atoms with Gasteiger partial charge in [-0.15, -0.1) is 0 Å². The Labute approximate surface area is 116 Å². The number of methoxy groups -OCH3 is 2. The van der Waals surface area contributed by atoms with Crippen LogP contribution in [-0.4, -0.2) is 33.0 Å². The molecule has 0 aliphatic rings. The highest BCUT2D eigenvalue weighted by molar-refractivity contribution is 5.46. The second-order valence-corrected chi connectivity index (χ2v) is 4.84. The van der Waals surface area contributed by atoms with Gasteiger partial charge < -0.3 is 19.5 Å². The van der Waals surface area contributed by atoms with Gasteiger partial charge in [-0.1, -0.05) is 26.0 Å². The van der Waals surface area contributed by atoms with Crippen LogP contribution in [0, 0.1) is 0 Å². The number of rotatable bonds is 8. The van der Waals surface area contributed by atoms with E-state index < -0.39 is 0 Å². The summed E-state index contributed by atoms with van der Waals surface area (Å²) in [6, 6.07) is 6.36. The minimum Gasteiger partial charge on any atom is -0.493 e. The van der Waals surface area contributed by atoms with Gasteiger partial charge >= 0.3 is 0 Å². The highest BCUT2D eigenvalue weighted by Crippen LogP contribution is 2.31. The summed E-state index contributed by atoms with van der Waals surface area (Å²) in [6.07, 6.45) is 0.0517. The third-order valence-corrected chi connectivity index (χ3v) is 2.85. The minimum atomic E-state index is 0.0517. The predicted octanol–water partition coefficient (Wildman–Crippen LogP) is 2.61. The standard InChI is InChI=1S/C15H25NO3/c1-11(2)16-9-13-7-6-8-14(18-5)15(13)19-10-12(3)17-4/h6-8,11-12,16H,9-10H2,1-5H3. The normalized spacial score (nSPS) is 12.5. The van der Waals surface area contributed by atoms with Gasteiger partial charge in [-0.25, -0.2) is 0 Å². The molecule has 0 radical (unpaired) electrons. The van der Waals surface area contributed by atoms with Gasteiger partial charge in [-0.3, -0.25) is 0 Å². The van der Waals surface area contributed by atoms with Crippen molar-refractivity contribution in [2.45, 2.75) is 39.5 Å². The number of hydrogen-bond donors (Lipinski definition) is 1. The Morgan fingerprint density at radius 3 is 2.47 bits per heavy atom. The summed E-state index contributed by atoms with van der Waals surface area (Å²) < 4.78 is 16.4. The highest BCUT2D eigenvalue weighted by atomic mass is 16.5. The van der Waals surface area contributed by atoms with E-state index in [1.807, 2.05) is 25.1 Å². The number of benzene rings is 1. The topological polar surface area (TPSA) is 39.7 Å². The number of ether oxygens (including phenoxy) is 3. The third-order valence-electron chi connectivity index (χ3n) is 2.85. The fraction of sp³-hybridized carbons (Fsp3) is 0.600. The summed E-state index contributed by atoms with van der Waals surface area (Å²) in [6.45, 7) is 7.47. The van der Waals surface area contributed by atoms with E-state index in [9.17, 15) is 0 Å². The van der Waals surface area contributed by atoms with E-state index >= 15 is 0 Å². The van der Waals surface area contributed by atoms with Crippen molar-refractivity contribution in [2.24, 2.45) is 0 Å². The van der Waals surface area contributed by atoms with E-state index in [-0.39, 0.29) is 6.10 Å². The van der Waals surface area contributed by atoms with Crippen molar-refractivity contribution < 1.29 is 14.2 Å². The Morgan fingerprint density at radius 2 is 1.89 bits per heavy atom. The number of hydrogen-bond acceptors (Lipinski definition) is 4. The van der Waals surface area contributed by atoms with Crippen LogP contribution < -0.4 is 14.8 Å². The maximum atomic E-state index is 5.85. The van der Waals surface area contributed by atoms with E-state index in [1.165, 1.54) is 0 Å². The molecule has 1 rings (SSSR count). The van der Waals surface area contributed by atoms with E-state index in [4.69, 9.17) is 14.2 Å². The Bertz CT molecular complexity index is 380. The molecule has 1 aromatic rings. The van der Waals surface area contributed by atoms with Crippen LogP contribution in [0.4, 0.5) is 0 Å². The van der Waals surface area contributed by atoms with Gasteiger partial charge in [-0.05, 0) is 13.0 Å². The van der Waals surface area contributed by atoms with Crippen molar-refractivity contribution in [3.05, 3.63) is 23.8 Å². The molecule has 4 heteroatoms. The molecule has 0 heterocycles. The van der Waals surface area contributed by atoms with E-state index in [2.05, 4.69) is 19.2 Å². The van der Waals surface area contributed by atoms with Crippen LogP contribution >= 0.6 is 0 Å². The molecule has 108 valence electrons. The maximum absolute atomic E-state index is 5.85. The van der Waals surface area contributed by atoms with E-state index in [1.54, 1.807) is 14.2 Å². The van der Waals surface area contributed by atoms with Gasteiger partial charge in [0, 0.05) is 25.3 Å². The first-order valence-corrected chi connectivity index (χ1v) is 6.63. The van der Waals surface area contributed by atoms with Gasteiger partial charge in [-0.2, -0.15) is 0 Å². The Hall–Kier alpha value is -1.26. The first kappa shape index (κ1) is 15.8. The summed E-state index contributed by atoms with van der Waals surface area (Å²) in [5, 5.41) is 3.39. The molecule has 0 aliphatic heterocycles.